The van der Waals surface area contributed by atoms with Crippen molar-refractivity contribution in [2.45, 2.75) is 0 Å². The molecule has 7 heteroatoms. The average molecular weight is 269 g/mol. The molecule has 0 heterocycles. The van der Waals surface area contributed by atoms with Crippen molar-refractivity contribution in [2.24, 2.45) is 0 Å². The minimum absolute atomic E-state index is 0.0104. The van der Waals surface area contributed by atoms with Crippen molar-refractivity contribution in [3.05, 3.63) is 28.3 Å². The van der Waals surface area contributed by atoms with Gasteiger partial charge in [-0.2, -0.15) is 0 Å². The van der Waals surface area contributed by atoms with Crippen LogP contribution in [-0.4, -0.2) is 45.4 Å². The van der Waals surface area contributed by atoms with Gasteiger partial charge in [-0.1, -0.05) is 0 Å². The maximum Gasteiger partial charge on any atom is 0.296 e. The lowest BCUT2D eigenvalue weighted by Crippen LogP contribution is -2.25. The van der Waals surface area contributed by atoms with Crippen LogP contribution in [0.3, 0.4) is 0 Å². The molecule has 0 saturated heterocycles. The van der Waals surface area contributed by atoms with E-state index in [-0.39, 0.29) is 5.69 Å². The lowest BCUT2D eigenvalue weighted by Gasteiger charge is -2.09. The fourth-order valence-electron chi connectivity index (χ4n) is 1.52. The molecule has 1 aromatic rings. The number of nitro benzene ring substituents is 1. The normalized spacial score (nSPS) is 10.2. The highest BCUT2D eigenvalue weighted by atomic mass is 16.6. The summed E-state index contributed by atoms with van der Waals surface area (Å²) in [6.45, 7) is 2.69. The molecule has 0 fully saturated rings. The van der Waals surface area contributed by atoms with Crippen molar-refractivity contribution in [3.63, 3.8) is 0 Å². The number of hydrogen-bond donors (Lipinski definition) is 2. The quantitative estimate of drug-likeness (QED) is 0.398. The Balaban J connectivity index is 2.50. The smallest absolute Gasteiger partial charge is 0.296 e. The average Bonchev–Trinajstić information content (AvgIpc) is 2.42. The zero-order chi connectivity index (χ0) is 14.1. The monoisotopic (exact) mass is 269 g/mol. The molecule has 1 aromatic carbocycles. The van der Waals surface area contributed by atoms with Gasteiger partial charge in [0, 0.05) is 26.7 Å². The van der Waals surface area contributed by atoms with E-state index in [4.69, 9.17) is 9.47 Å². The molecule has 106 valence electrons. The summed E-state index contributed by atoms with van der Waals surface area (Å²) in [5, 5.41) is 17.1. The number of nitrogens with one attached hydrogen (secondary N) is 2. The van der Waals surface area contributed by atoms with Crippen LogP contribution in [0.4, 0.5) is 11.4 Å². The highest BCUT2D eigenvalue weighted by Crippen LogP contribution is 2.28. The number of hydrogen-bond acceptors (Lipinski definition) is 6. The van der Waals surface area contributed by atoms with Gasteiger partial charge in [-0.25, -0.2) is 0 Å². The molecular formula is C12H19N3O4. The van der Waals surface area contributed by atoms with E-state index in [0.717, 1.165) is 6.54 Å². The SMILES string of the molecule is COCCNCCNc1ccc(OC)cc1[N+](=O)[O-]. The van der Waals surface area contributed by atoms with Crippen molar-refractivity contribution >= 4 is 11.4 Å². The lowest BCUT2D eigenvalue weighted by atomic mass is 10.2. The standard InChI is InChI=1S/C12H19N3O4/c1-18-8-7-13-5-6-14-11-4-3-10(19-2)9-12(11)15(16)17/h3-4,9,13-14H,5-8H2,1-2H3. The second-order valence-electron chi connectivity index (χ2n) is 3.81. The van der Waals surface area contributed by atoms with Crippen LogP contribution in [0.2, 0.25) is 0 Å². The number of nitro groups is 1. The molecule has 0 radical (unpaired) electrons. The molecule has 0 spiro atoms. The number of benzene rings is 1. The molecule has 0 aliphatic heterocycles. The number of ether oxygens (including phenoxy) is 2. The third-order valence-corrected chi connectivity index (χ3v) is 2.50. The van der Waals surface area contributed by atoms with Gasteiger partial charge in [0.2, 0.25) is 0 Å². The van der Waals surface area contributed by atoms with Gasteiger partial charge < -0.3 is 20.1 Å². The first-order chi connectivity index (χ1) is 9.19. The van der Waals surface area contributed by atoms with E-state index in [0.29, 0.717) is 31.1 Å². The fourth-order valence-corrected chi connectivity index (χ4v) is 1.52. The van der Waals surface area contributed by atoms with Crippen molar-refractivity contribution < 1.29 is 14.4 Å². The van der Waals surface area contributed by atoms with Gasteiger partial charge in [0.25, 0.3) is 5.69 Å². The molecule has 0 amide bonds. The molecule has 0 atom stereocenters. The van der Waals surface area contributed by atoms with Gasteiger partial charge in [0.1, 0.15) is 11.4 Å². The first-order valence-corrected chi connectivity index (χ1v) is 5.95. The van der Waals surface area contributed by atoms with Crippen molar-refractivity contribution in [2.75, 3.05) is 45.8 Å². The van der Waals surface area contributed by atoms with E-state index >= 15 is 0 Å². The number of methoxy groups -OCH3 is 2. The first kappa shape index (κ1) is 15.2. The minimum Gasteiger partial charge on any atom is -0.496 e. The summed E-state index contributed by atoms with van der Waals surface area (Å²) >= 11 is 0. The third-order valence-electron chi connectivity index (χ3n) is 2.50. The molecule has 0 aromatic heterocycles. The largest absolute Gasteiger partial charge is 0.496 e. The Morgan fingerprint density at radius 1 is 1.26 bits per heavy atom. The second kappa shape index (κ2) is 8.28. The van der Waals surface area contributed by atoms with Crippen LogP contribution in [0, 0.1) is 10.1 Å². The van der Waals surface area contributed by atoms with Crippen LogP contribution in [0.1, 0.15) is 0 Å². The topological polar surface area (TPSA) is 85.7 Å². The lowest BCUT2D eigenvalue weighted by molar-refractivity contribution is -0.384. The number of nitrogens with zero attached hydrogens (tertiary/aromatic N) is 1. The van der Waals surface area contributed by atoms with E-state index in [9.17, 15) is 10.1 Å². The van der Waals surface area contributed by atoms with E-state index in [1.165, 1.54) is 13.2 Å². The molecule has 0 unspecified atom stereocenters. The van der Waals surface area contributed by atoms with Gasteiger partial charge in [-0.05, 0) is 12.1 Å². The number of anilines is 1. The summed E-state index contributed by atoms with van der Waals surface area (Å²) in [6.07, 6.45) is 0. The Kier molecular flexibility index (Phi) is 6.62. The molecule has 0 aliphatic carbocycles. The highest BCUT2D eigenvalue weighted by Gasteiger charge is 2.14. The van der Waals surface area contributed by atoms with Crippen LogP contribution in [0.15, 0.2) is 18.2 Å². The van der Waals surface area contributed by atoms with Gasteiger partial charge >= 0.3 is 0 Å². The highest BCUT2D eigenvalue weighted by molar-refractivity contribution is 5.63. The Morgan fingerprint density at radius 2 is 2.05 bits per heavy atom. The Hall–Kier alpha value is -1.86. The zero-order valence-corrected chi connectivity index (χ0v) is 11.1. The molecular weight excluding hydrogens is 250 g/mol. The Bertz CT molecular complexity index is 412. The maximum atomic E-state index is 10.9. The summed E-state index contributed by atoms with van der Waals surface area (Å²) < 4.78 is 9.87. The molecule has 7 nitrogen and oxygen atoms in total. The van der Waals surface area contributed by atoms with Crippen LogP contribution < -0.4 is 15.4 Å². The summed E-state index contributed by atoms with van der Waals surface area (Å²) in [7, 11) is 3.12. The maximum absolute atomic E-state index is 10.9. The molecule has 0 aliphatic rings. The van der Waals surface area contributed by atoms with Crippen molar-refractivity contribution in [1.82, 2.24) is 5.32 Å². The summed E-state index contributed by atoms with van der Waals surface area (Å²) in [5.41, 5.74) is 0.496. The summed E-state index contributed by atoms with van der Waals surface area (Å²) in [4.78, 5) is 10.5. The van der Waals surface area contributed by atoms with Gasteiger partial charge in [-0.15, -0.1) is 0 Å². The second-order valence-corrected chi connectivity index (χ2v) is 3.81. The molecule has 0 bridgehead atoms. The number of rotatable bonds is 9. The Labute approximate surface area is 112 Å². The van der Waals surface area contributed by atoms with Crippen molar-refractivity contribution in [3.8, 4) is 5.75 Å². The predicted molar refractivity (Wildman–Crippen MR) is 72.9 cm³/mol. The van der Waals surface area contributed by atoms with E-state index in [2.05, 4.69) is 10.6 Å². The molecule has 2 N–H and O–H groups in total. The predicted octanol–water partition coefficient (Wildman–Crippen LogP) is 1.25. The summed E-state index contributed by atoms with van der Waals surface area (Å²) in [5.74, 6) is 0.468. The first-order valence-electron chi connectivity index (χ1n) is 5.95. The van der Waals surface area contributed by atoms with Crippen LogP contribution in [0.25, 0.3) is 0 Å². The van der Waals surface area contributed by atoms with Gasteiger partial charge in [-0.3, -0.25) is 10.1 Å². The van der Waals surface area contributed by atoms with Crippen molar-refractivity contribution in [1.29, 1.82) is 0 Å². The molecule has 19 heavy (non-hydrogen) atoms. The zero-order valence-electron chi connectivity index (χ0n) is 11.1. The minimum atomic E-state index is -0.427. The van der Waals surface area contributed by atoms with Crippen LogP contribution in [0.5, 0.6) is 5.75 Å². The summed E-state index contributed by atoms with van der Waals surface area (Å²) in [6, 6.07) is 4.74. The van der Waals surface area contributed by atoms with Gasteiger partial charge in [0.05, 0.1) is 24.7 Å². The van der Waals surface area contributed by atoms with Gasteiger partial charge in [0.15, 0.2) is 0 Å². The molecule has 0 saturated carbocycles. The molecule has 1 rings (SSSR count). The Morgan fingerprint density at radius 3 is 2.68 bits per heavy atom. The third kappa shape index (κ3) is 5.11. The van der Waals surface area contributed by atoms with E-state index in [1.54, 1.807) is 19.2 Å². The van der Waals surface area contributed by atoms with E-state index < -0.39 is 4.92 Å². The van der Waals surface area contributed by atoms with Crippen LogP contribution in [-0.2, 0) is 4.74 Å². The van der Waals surface area contributed by atoms with Crippen LogP contribution >= 0.6 is 0 Å². The van der Waals surface area contributed by atoms with E-state index in [1.807, 2.05) is 0 Å². The fraction of sp³-hybridized carbons (Fsp3) is 0.500.